The Balaban J connectivity index is 1.83. The number of hydrogen-bond acceptors (Lipinski definition) is 4. The van der Waals surface area contributed by atoms with Crippen LogP contribution in [0, 0.1) is 13.8 Å². The van der Waals surface area contributed by atoms with Crippen LogP contribution in [0.5, 0.6) is 0 Å². The molecule has 0 spiro atoms. The number of aromatic nitrogens is 4. The third-order valence-electron chi connectivity index (χ3n) is 3.58. The number of carbonyl (C=O) groups excluding carboxylic acids is 1. The van der Waals surface area contributed by atoms with Crippen molar-refractivity contribution in [1.29, 1.82) is 0 Å². The Morgan fingerprint density at radius 1 is 1.13 bits per heavy atom. The van der Waals surface area contributed by atoms with Gasteiger partial charge in [0.05, 0.1) is 5.69 Å². The van der Waals surface area contributed by atoms with Gasteiger partial charge in [0.25, 0.3) is 0 Å². The Labute approximate surface area is 134 Å². The van der Waals surface area contributed by atoms with Crippen molar-refractivity contribution in [2.24, 2.45) is 0 Å². The van der Waals surface area contributed by atoms with Crippen LogP contribution < -0.4 is 0 Å². The maximum atomic E-state index is 12.4. The summed E-state index contributed by atoms with van der Waals surface area (Å²) in [6, 6.07) is 13.4. The second-order valence-electron chi connectivity index (χ2n) is 5.36. The van der Waals surface area contributed by atoms with E-state index in [1.165, 1.54) is 16.6 Å². The van der Waals surface area contributed by atoms with Crippen molar-refractivity contribution in [3.63, 3.8) is 0 Å². The number of aryl methyl sites for hydroxylation is 2. The van der Waals surface area contributed by atoms with Gasteiger partial charge in [-0.2, -0.15) is 0 Å². The van der Waals surface area contributed by atoms with Gasteiger partial charge in [-0.25, -0.2) is 4.68 Å². The minimum absolute atomic E-state index is 0.0556. The summed E-state index contributed by atoms with van der Waals surface area (Å²) in [5, 5.41) is 11.0. The zero-order valence-corrected chi connectivity index (χ0v) is 13.0. The van der Waals surface area contributed by atoms with Crippen LogP contribution in [-0.4, -0.2) is 26.0 Å². The Hall–Kier alpha value is -3.08. The topological polar surface area (TPSA) is 60.7 Å². The third kappa shape index (κ3) is 3.40. The molecule has 0 saturated carbocycles. The van der Waals surface area contributed by atoms with Crippen molar-refractivity contribution in [3.05, 3.63) is 77.1 Å². The molecule has 1 aromatic heterocycles. The zero-order valence-electron chi connectivity index (χ0n) is 13.0. The van der Waals surface area contributed by atoms with E-state index in [4.69, 9.17) is 0 Å². The SMILES string of the molecule is Cc1ccc(/C=C/C(=O)c2cccc(-n3cnnn3)c2)c(C)c1. The van der Waals surface area contributed by atoms with Crippen molar-refractivity contribution >= 4 is 11.9 Å². The van der Waals surface area contributed by atoms with Crippen LogP contribution in [0.4, 0.5) is 0 Å². The maximum absolute atomic E-state index is 12.4. The van der Waals surface area contributed by atoms with Gasteiger partial charge in [0.2, 0.25) is 0 Å². The lowest BCUT2D eigenvalue weighted by Crippen LogP contribution is -1.99. The Morgan fingerprint density at radius 3 is 2.74 bits per heavy atom. The van der Waals surface area contributed by atoms with Gasteiger partial charge in [0, 0.05) is 5.56 Å². The first-order valence-corrected chi connectivity index (χ1v) is 7.26. The van der Waals surface area contributed by atoms with E-state index in [1.807, 2.05) is 37.3 Å². The lowest BCUT2D eigenvalue weighted by atomic mass is 10.0. The lowest BCUT2D eigenvalue weighted by Gasteiger charge is -2.03. The van der Waals surface area contributed by atoms with E-state index in [9.17, 15) is 4.79 Å². The molecule has 0 N–H and O–H groups in total. The van der Waals surface area contributed by atoms with E-state index in [-0.39, 0.29) is 5.78 Å². The Bertz CT molecular complexity index is 866. The molecule has 5 nitrogen and oxygen atoms in total. The highest BCUT2D eigenvalue weighted by Gasteiger charge is 2.05. The van der Waals surface area contributed by atoms with E-state index >= 15 is 0 Å². The molecule has 5 heteroatoms. The van der Waals surface area contributed by atoms with Gasteiger partial charge in [-0.1, -0.05) is 42.0 Å². The summed E-state index contributed by atoms with van der Waals surface area (Å²) in [7, 11) is 0. The molecule has 0 aliphatic rings. The van der Waals surface area contributed by atoms with Crippen LogP contribution in [0.1, 0.15) is 27.0 Å². The number of hydrogen-bond donors (Lipinski definition) is 0. The number of ketones is 1. The number of benzene rings is 2. The largest absolute Gasteiger partial charge is 0.289 e. The van der Waals surface area contributed by atoms with Crippen LogP contribution in [0.25, 0.3) is 11.8 Å². The minimum Gasteiger partial charge on any atom is -0.289 e. The number of nitrogens with zero attached hydrogens (tertiary/aromatic N) is 4. The Morgan fingerprint density at radius 2 is 2.00 bits per heavy atom. The number of carbonyl (C=O) groups is 1. The molecule has 2 aromatic carbocycles. The predicted molar refractivity (Wildman–Crippen MR) is 88.4 cm³/mol. The second-order valence-corrected chi connectivity index (χ2v) is 5.36. The normalized spacial score (nSPS) is 11.0. The first-order valence-electron chi connectivity index (χ1n) is 7.26. The summed E-state index contributed by atoms with van der Waals surface area (Å²) in [4.78, 5) is 12.4. The van der Waals surface area contributed by atoms with Crippen molar-refractivity contribution in [2.75, 3.05) is 0 Å². The zero-order chi connectivity index (χ0) is 16.2. The average Bonchev–Trinajstić information content (AvgIpc) is 3.08. The molecule has 1 heterocycles. The molecule has 23 heavy (non-hydrogen) atoms. The van der Waals surface area contributed by atoms with Gasteiger partial charge in [-0.15, -0.1) is 5.10 Å². The maximum Gasteiger partial charge on any atom is 0.185 e. The molecule has 114 valence electrons. The molecule has 0 aliphatic heterocycles. The first-order chi connectivity index (χ1) is 11.1. The fourth-order valence-corrected chi connectivity index (χ4v) is 2.36. The fraction of sp³-hybridized carbons (Fsp3) is 0.111. The molecular weight excluding hydrogens is 288 g/mol. The highest BCUT2D eigenvalue weighted by Crippen LogP contribution is 2.14. The molecule has 0 fully saturated rings. The van der Waals surface area contributed by atoms with E-state index < -0.39 is 0 Å². The molecule has 0 aliphatic carbocycles. The summed E-state index contributed by atoms with van der Waals surface area (Å²) in [5.74, 6) is -0.0556. The van der Waals surface area contributed by atoms with Gasteiger partial charge in [-0.3, -0.25) is 4.79 Å². The summed E-state index contributed by atoms with van der Waals surface area (Å²) in [5.41, 5.74) is 4.75. The number of tetrazole rings is 1. The highest BCUT2D eigenvalue weighted by molar-refractivity contribution is 6.07. The standard InChI is InChI=1S/C18H16N4O/c1-13-6-7-15(14(2)10-13)8-9-18(23)16-4-3-5-17(11-16)22-12-19-20-21-22/h3-12H,1-2H3/b9-8+. The fourth-order valence-electron chi connectivity index (χ4n) is 2.36. The Kier molecular flexibility index (Phi) is 4.10. The summed E-state index contributed by atoms with van der Waals surface area (Å²) >= 11 is 0. The van der Waals surface area contributed by atoms with Crippen LogP contribution in [0.15, 0.2) is 54.9 Å². The molecule has 0 bridgehead atoms. The van der Waals surface area contributed by atoms with Crippen molar-refractivity contribution in [3.8, 4) is 5.69 Å². The van der Waals surface area contributed by atoms with Crippen molar-refractivity contribution in [1.82, 2.24) is 20.2 Å². The van der Waals surface area contributed by atoms with Gasteiger partial charge < -0.3 is 0 Å². The third-order valence-corrected chi connectivity index (χ3v) is 3.58. The minimum atomic E-state index is -0.0556. The van der Waals surface area contributed by atoms with E-state index in [2.05, 4.69) is 28.5 Å². The molecule has 3 aromatic rings. The van der Waals surface area contributed by atoms with Crippen LogP contribution in [-0.2, 0) is 0 Å². The van der Waals surface area contributed by atoms with Gasteiger partial charge in [-0.05, 0) is 53.6 Å². The van der Waals surface area contributed by atoms with Crippen LogP contribution >= 0.6 is 0 Å². The van der Waals surface area contributed by atoms with Gasteiger partial charge in [0.1, 0.15) is 6.33 Å². The first kappa shape index (κ1) is 14.8. The summed E-state index contributed by atoms with van der Waals surface area (Å²) in [6.45, 7) is 4.09. The molecule has 3 rings (SSSR count). The monoisotopic (exact) mass is 304 g/mol. The molecule has 0 saturated heterocycles. The smallest absolute Gasteiger partial charge is 0.185 e. The number of rotatable bonds is 4. The van der Waals surface area contributed by atoms with Crippen LogP contribution in [0.3, 0.4) is 0 Å². The molecule has 0 atom stereocenters. The molecule has 0 unspecified atom stereocenters. The van der Waals surface area contributed by atoms with Crippen molar-refractivity contribution in [2.45, 2.75) is 13.8 Å². The van der Waals surface area contributed by atoms with Gasteiger partial charge in [0.15, 0.2) is 5.78 Å². The van der Waals surface area contributed by atoms with Crippen molar-refractivity contribution < 1.29 is 4.79 Å². The summed E-state index contributed by atoms with van der Waals surface area (Å²) in [6.07, 6.45) is 4.94. The summed E-state index contributed by atoms with van der Waals surface area (Å²) < 4.78 is 1.52. The average molecular weight is 304 g/mol. The van der Waals surface area contributed by atoms with E-state index in [0.29, 0.717) is 5.56 Å². The van der Waals surface area contributed by atoms with E-state index in [1.54, 1.807) is 18.2 Å². The second kappa shape index (κ2) is 6.36. The highest BCUT2D eigenvalue weighted by atomic mass is 16.1. The molecular formula is C18H16N4O. The van der Waals surface area contributed by atoms with Crippen LogP contribution in [0.2, 0.25) is 0 Å². The van der Waals surface area contributed by atoms with E-state index in [0.717, 1.165) is 16.8 Å². The lowest BCUT2D eigenvalue weighted by molar-refractivity contribution is 0.104. The quantitative estimate of drug-likeness (QED) is 0.548. The number of allylic oxidation sites excluding steroid dienone is 1. The molecule has 0 amide bonds. The molecule has 0 radical (unpaired) electrons. The predicted octanol–water partition coefficient (Wildman–Crippen LogP) is 3.18. The van der Waals surface area contributed by atoms with Gasteiger partial charge >= 0.3 is 0 Å².